The van der Waals surface area contributed by atoms with Crippen molar-refractivity contribution in [3.05, 3.63) is 29.3 Å². The molecule has 4 nitrogen and oxygen atoms in total. The third-order valence-corrected chi connectivity index (χ3v) is 4.70. The van der Waals surface area contributed by atoms with E-state index in [1.165, 1.54) is 0 Å². The minimum atomic E-state index is -0.415. The van der Waals surface area contributed by atoms with E-state index in [4.69, 9.17) is 5.73 Å². The molecule has 0 spiro atoms. The predicted molar refractivity (Wildman–Crippen MR) is 102 cm³/mol. The molecule has 0 radical (unpaired) electrons. The van der Waals surface area contributed by atoms with Crippen LogP contribution in [0.5, 0.6) is 0 Å². The smallest absolute Gasteiger partial charge is 0.239 e. The summed E-state index contributed by atoms with van der Waals surface area (Å²) in [5.74, 6) is 0.889. The molecule has 2 rings (SSSR count). The molecule has 2 N–H and O–H groups in total. The quantitative estimate of drug-likeness (QED) is 0.834. The molecule has 0 fully saturated rings. The number of nitrogens with two attached hydrogens (primary N) is 1. The maximum Gasteiger partial charge on any atom is 0.239 e. The third-order valence-electron chi connectivity index (χ3n) is 3.04. The highest BCUT2D eigenvalue weighted by Crippen LogP contribution is 2.22. The molecule has 22 heavy (non-hydrogen) atoms. The molecule has 8 heteroatoms. The lowest BCUT2D eigenvalue weighted by atomic mass is 10.2. The van der Waals surface area contributed by atoms with Crippen molar-refractivity contribution < 1.29 is 4.79 Å². The predicted octanol–water partition coefficient (Wildman–Crippen LogP) is 3.18. The molecule has 1 heterocycles. The van der Waals surface area contributed by atoms with Gasteiger partial charge in [-0.15, -0.1) is 36.2 Å². The molecule has 0 saturated carbocycles. The number of nitrogens with zero attached hydrogens (tertiary/aromatic N) is 2. The summed E-state index contributed by atoms with van der Waals surface area (Å²) < 4.78 is 1.15. The van der Waals surface area contributed by atoms with Crippen molar-refractivity contribution in [2.75, 3.05) is 19.1 Å². The van der Waals surface area contributed by atoms with Crippen molar-refractivity contribution in [3.8, 4) is 0 Å². The van der Waals surface area contributed by atoms with Crippen LogP contribution in [0.25, 0.3) is 10.2 Å². The second-order valence-corrected chi connectivity index (χ2v) is 6.76. The molecule has 1 amide bonds. The zero-order valence-corrected chi connectivity index (χ0v) is 15.8. The van der Waals surface area contributed by atoms with Crippen LogP contribution in [0.15, 0.2) is 24.3 Å². The zero-order chi connectivity index (χ0) is 14.5. The molecule has 0 aliphatic rings. The molecule has 0 aliphatic carbocycles. The van der Waals surface area contributed by atoms with Gasteiger partial charge in [0.15, 0.2) is 0 Å². The fourth-order valence-corrected chi connectivity index (χ4v) is 3.43. The van der Waals surface area contributed by atoms with Gasteiger partial charge in [0, 0.05) is 7.05 Å². The van der Waals surface area contributed by atoms with Crippen LogP contribution in [-0.2, 0) is 11.3 Å². The Hall–Kier alpha value is -0.530. The molecule has 0 bridgehead atoms. The van der Waals surface area contributed by atoms with Gasteiger partial charge in [-0.2, -0.15) is 11.8 Å². The van der Waals surface area contributed by atoms with Crippen LogP contribution in [-0.4, -0.2) is 40.9 Å². The molecule has 2 aromatic rings. The summed E-state index contributed by atoms with van der Waals surface area (Å²) in [5, 5.41) is 0.944. The second kappa shape index (κ2) is 10.3. The minimum Gasteiger partial charge on any atom is -0.338 e. The average Bonchev–Trinajstić information content (AvgIpc) is 2.85. The lowest BCUT2D eigenvalue weighted by Gasteiger charge is -2.20. The van der Waals surface area contributed by atoms with Crippen molar-refractivity contribution in [2.24, 2.45) is 5.73 Å². The number of benzene rings is 1. The Morgan fingerprint density at radius 1 is 1.41 bits per heavy atom. The first-order valence-corrected chi connectivity index (χ1v) is 8.67. The summed E-state index contributed by atoms with van der Waals surface area (Å²) in [5.41, 5.74) is 6.90. The average molecular weight is 382 g/mol. The normalized spacial score (nSPS) is 11.4. The van der Waals surface area contributed by atoms with Gasteiger partial charge in [-0.25, -0.2) is 4.98 Å². The van der Waals surface area contributed by atoms with Gasteiger partial charge in [-0.3, -0.25) is 4.79 Å². The van der Waals surface area contributed by atoms with Gasteiger partial charge in [-0.1, -0.05) is 12.1 Å². The summed E-state index contributed by atoms with van der Waals surface area (Å²) >= 11 is 3.33. The van der Waals surface area contributed by atoms with Gasteiger partial charge >= 0.3 is 0 Å². The Morgan fingerprint density at radius 2 is 2.09 bits per heavy atom. The Labute approximate surface area is 151 Å². The SMILES string of the molecule is CSCCC(N)C(=O)N(C)Cc1nc2ccccc2s1.Cl.Cl. The number of aromatic nitrogens is 1. The van der Waals surface area contributed by atoms with Crippen LogP contribution in [0.4, 0.5) is 0 Å². The Kier molecular flexibility index (Phi) is 10.0. The number of amides is 1. The van der Waals surface area contributed by atoms with Gasteiger partial charge < -0.3 is 10.6 Å². The summed E-state index contributed by atoms with van der Waals surface area (Å²) in [6.45, 7) is 0.519. The maximum atomic E-state index is 12.1. The van der Waals surface area contributed by atoms with E-state index in [9.17, 15) is 4.79 Å². The third kappa shape index (κ3) is 5.59. The first-order chi connectivity index (χ1) is 9.61. The number of carbonyl (C=O) groups is 1. The fraction of sp³-hybridized carbons (Fsp3) is 0.429. The van der Waals surface area contributed by atoms with E-state index in [0.717, 1.165) is 21.0 Å². The van der Waals surface area contributed by atoms with Crippen LogP contribution in [0.2, 0.25) is 0 Å². The van der Waals surface area contributed by atoms with Gasteiger partial charge in [-0.05, 0) is 30.6 Å². The molecule has 1 aromatic carbocycles. The number of likely N-dealkylation sites (N-methyl/N-ethyl adjacent to an activating group) is 1. The van der Waals surface area contributed by atoms with Gasteiger partial charge in [0.2, 0.25) is 5.91 Å². The molecule has 1 aromatic heterocycles. The Morgan fingerprint density at radius 3 is 2.73 bits per heavy atom. The number of fused-ring (bicyclic) bond motifs is 1. The van der Waals surface area contributed by atoms with Gasteiger partial charge in [0.05, 0.1) is 22.8 Å². The van der Waals surface area contributed by atoms with Crippen molar-refractivity contribution in [3.63, 3.8) is 0 Å². The molecule has 0 aliphatic heterocycles. The zero-order valence-electron chi connectivity index (χ0n) is 12.5. The van der Waals surface area contributed by atoms with Crippen LogP contribution >= 0.6 is 47.9 Å². The highest BCUT2D eigenvalue weighted by Gasteiger charge is 2.18. The van der Waals surface area contributed by atoms with E-state index in [0.29, 0.717) is 13.0 Å². The number of rotatable bonds is 6. The lowest BCUT2D eigenvalue weighted by Crippen LogP contribution is -2.41. The van der Waals surface area contributed by atoms with Gasteiger partial charge in [0.25, 0.3) is 0 Å². The van der Waals surface area contributed by atoms with Gasteiger partial charge in [0.1, 0.15) is 5.01 Å². The highest BCUT2D eigenvalue weighted by atomic mass is 35.5. The van der Waals surface area contributed by atoms with Crippen molar-refractivity contribution in [2.45, 2.75) is 19.0 Å². The number of thioether (sulfide) groups is 1. The topological polar surface area (TPSA) is 59.2 Å². The van der Waals surface area contributed by atoms with Crippen LogP contribution in [0.1, 0.15) is 11.4 Å². The van der Waals surface area contributed by atoms with E-state index < -0.39 is 6.04 Å². The second-order valence-electron chi connectivity index (χ2n) is 4.66. The summed E-state index contributed by atoms with van der Waals surface area (Å²) in [4.78, 5) is 18.3. The highest BCUT2D eigenvalue weighted by molar-refractivity contribution is 7.98. The summed E-state index contributed by atoms with van der Waals surface area (Å²) in [6.07, 6.45) is 2.73. The Bertz CT molecular complexity index is 561. The first kappa shape index (κ1) is 21.5. The van der Waals surface area contributed by atoms with E-state index in [-0.39, 0.29) is 30.7 Å². The largest absolute Gasteiger partial charge is 0.338 e. The lowest BCUT2D eigenvalue weighted by molar-refractivity contribution is -0.131. The summed E-state index contributed by atoms with van der Waals surface area (Å²) in [6, 6.07) is 7.59. The Balaban J connectivity index is 0.00000220. The summed E-state index contributed by atoms with van der Waals surface area (Å²) in [7, 11) is 1.79. The number of thiazole rings is 1. The maximum absolute atomic E-state index is 12.1. The number of para-hydroxylation sites is 1. The minimum absolute atomic E-state index is 0. The van der Waals surface area contributed by atoms with Crippen LogP contribution < -0.4 is 5.73 Å². The number of halogens is 2. The molecule has 124 valence electrons. The van der Waals surface area contributed by atoms with Crippen molar-refractivity contribution in [1.29, 1.82) is 0 Å². The standard InChI is InChI=1S/C14H19N3OS2.2ClH/c1-17(14(18)10(15)7-8-19-2)9-13-16-11-5-3-4-6-12(11)20-13;;/h3-6,10H,7-9,15H2,1-2H3;2*1H. The van der Waals surface area contributed by atoms with E-state index in [1.54, 1.807) is 35.0 Å². The number of hydrogen-bond donors (Lipinski definition) is 1. The van der Waals surface area contributed by atoms with E-state index in [2.05, 4.69) is 4.98 Å². The monoisotopic (exact) mass is 381 g/mol. The van der Waals surface area contributed by atoms with Crippen LogP contribution in [0.3, 0.4) is 0 Å². The van der Waals surface area contributed by atoms with Crippen molar-refractivity contribution >= 4 is 64.0 Å². The fourth-order valence-electron chi connectivity index (χ4n) is 1.92. The van der Waals surface area contributed by atoms with Crippen molar-refractivity contribution in [1.82, 2.24) is 9.88 Å². The molecular weight excluding hydrogens is 361 g/mol. The number of carbonyl (C=O) groups excluding carboxylic acids is 1. The first-order valence-electron chi connectivity index (χ1n) is 6.45. The molecule has 0 saturated heterocycles. The van der Waals surface area contributed by atoms with E-state index in [1.807, 2.05) is 30.5 Å². The molecular formula is C14H21Cl2N3OS2. The van der Waals surface area contributed by atoms with Crippen LogP contribution in [0, 0.1) is 0 Å². The molecule has 1 unspecified atom stereocenters. The molecule has 1 atom stereocenters. The number of hydrogen-bond acceptors (Lipinski definition) is 5. The van der Waals surface area contributed by atoms with E-state index >= 15 is 0 Å².